The van der Waals surface area contributed by atoms with E-state index >= 15 is 0 Å². The Morgan fingerprint density at radius 1 is 1.13 bits per heavy atom. The SMILES string of the molecule is COC(=O)C(C)Sc1nc(Nc2ccc(C3CC3)c3ccccc23)c2ccsc2n1. The molecular weight excluding hydrogens is 414 g/mol. The molecule has 0 saturated heterocycles. The molecule has 0 spiro atoms. The number of hydrogen-bond acceptors (Lipinski definition) is 7. The fraction of sp³-hybridized carbons (Fsp3) is 0.261. The number of nitrogens with zero attached hydrogens (tertiary/aromatic N) is 2. The zero-order chi connectivity index (χ0) is 20.7. The fourth-order valence-corrected chi connectivity index (χ4v) is 5.28. The zero-order valence-electron chi connectivity index (χ0n) is 16.7. The molecule has 0 amide bonds. The molecule has 2 aromatic carbocycles. The Labute approximate surface area is 182 Å². The molecule has 7 heteroatoms. The third-order valence-corrected chi connectivity index (χ3v) is 7.09. The summed E-state index contributed by atoms with van der Waals surface area (Å²) in [5.41, 5.74) is 2.46. The van der Waals surface area contributed by atoms with Crippen molar-refractivity contribution in [3.8, 4) is 0 Å². The van der Waals surface area contributed by atoms with Crippen molar-refractivity contribution in [2.75, 3.05) is 12.4 Å². The van der Waals surface area contributed by atoms with Crippen LogP contribution in [0.4, 0.5) is 11.5 Å². The van der Waals surface area contributed by atoms with E-state index in [9.17, 15) is 4.79 Å². The Morgan fingerprint density at radius 2 is 1.93 bits per heavy atom. The molecule has 1 saturated carbocycles. The molecule has 152 valence electrons. The molecule has 1 fully saturated rings. The number of rotatable bonds is 6. The van der Waals surface area contributed by atoms with E-state index in [1.165, 1.54) is 48.0 Å². The van der Waals surface area contributed by atoms with Crippen molar-refractivity contribution in [1.82, 2.24) is 9.97 Å². The summed E-state index contributed by atoms with van der Waals surface area (Å²) in [5, 5.41) is 9.21. The molecule has 2 aromatic heterocycles. The summed E-state index contributed by atoms with van der Waals surface area (Å²) in [6.07, 6.45) is 2.55. The van der Waals surface area contributed by atoms with Crippen LogP contribution in [-0.4, -0.2) is 28.3 Å². The highest BCUT2D eigenvalue weighted by atomic mass is 32.2. The van der Waals surface area contributed by atoms with Crippen molar-refractivity contribution in [2.45, 2.75) is 36.1 Å². The van der Waals surface area contributed by atoms with Crippen molar-refractivity contribution < 1.29 is 9.53 Å². The number of ether oxygens (including phenoxy) is 1. The lowest BCUT2D eigenvalue weighted by atomic mass is 9.99. The molecule has 0 bridgehead atoms. The highest BCUT2D eigenvalue weighted by Crippen LogP contribution is 2.44. The number of nitrogens with one attached hydrogen (secondary N) is 1. The quantitative estimate of drug-likeness (QED) is 0.224. The highest BCUT2D eigenvalue weighted by Gasteiger charge is 2.26. The van der Waals surface area contributed by atoms with Crippen molar-refractivity contribution in [2.24, 2.45) is 0 Å². The van der Waals surface area contributed by atoms with Crippen LogP contribution in [0.15, 0.2) is 53.0 Å². The van der Waals surface area contributed by atoms with Gasteiger partial charge in [-0.1, -0.05) is 42.1 Å². The van der Waals surface area contributed by atoms with Crippen molar-refractivity contribution in [3.05, 3.63) is 53.4 Å². The lowest BCUT2D eigenvalue weighted by Gasteiger charge is -2.14. The summed E-state index contributed by atoms with van der Waals surface area (Å²) in [6, 6.07) is 15.0. The van der Waals surface area contributed by atoms with E-state index in [1.54, 1.807) is 18.3 Å². The molecule has 0 aliphatic heterocycles. The molecule has 30 heavy (non-hydrogen) atoms. The van der Waals surface area contributed by atoms with Gasteiger partial charge in [0.1, 0.15) is 15.9 Å². The van der Waals surface area contributed by atoms with E-state index in [2.05, 4.69) is 46.7 Å². The van der Waals surface area contributed by atoms with Gasteiger partial charge in [0.25, 0.3) is 0 Å². The second-order valence-electron chi connectivity index (χ2n) is 7.42. The van der Waals surface area contributed by atoms with Crippen LogP contribution in [0.1, 0.15) is 31.2 Å². The van der Waals surface area contributed by atoms with Gasteiger partial charge >= 0.3 is 5.97 Å². The number of carbonyl (C=O) groups is 1. The highest BCUT2D eigenvalue weighted by molar-refractivity contribution is 8.00. The molecule has 0 radical (unpaired) electrons. The Morgan fingerprint density at radius 3 is 2.70 bits per heavy atom. The third kappa shape index (κ3) is 3.63. The summed E-state index contributed by atoms with van der Waals surface area (Å²) >= 11 is 2.87. The van der Waals surface area contributed by atoms with Crippen LogP contribution in [0.3, 0.4) is 0 Å². The third-order valence-electron chi connectivity index (χ3n) is 5.35. The fourth-order valence-electron chi connectivity index (χ4n) is 3.67. The number of benzene rings is 2. The van der Waals surface area contributed by atoms with Gasteiger partial charge in [-0.25, -0.2) is 9.97 Å². The molecular formula is C23H21N3O2S2. The van der Waals surface area contributed by atoms with Gasteiger partial charge in [0.05, 0.1) is 12.5 Å². The Bertz CT molecular complexity index is 1250. The summed E-state index contributed by atoms with van der Waals surface area (Å²) in [7, 11) is 1.39. The number of thioether (sulfide) groups is 1. The largest absolute Gasteiger partial charge is 0.468 e. The minimum atomic E-state index is -0.376. The maximum absolute atomic E-state index is 11.8. The molecule has 5 rings (SSSR count). The molecule has 2 heterocycles. The van der Waals surface area contributed by atoms with Gasteiger partial charge in [-0.05, 0) is 54.1 Å². The van der Waals surface area contributed by atoms with Crippen LogP contribution in [0.2, 0.25) is 0 Å². The van der Waals surface area contributed by atoms with Crippen LogP contribution < -0.4 is 5.32 Å². The smallest absolute Gasteiger partial charge is 0.318 e. The maximum atomic E-state index is 11.8. The second kappa shape index (κ2) is 7.89. The van der Waals surface area contributed by atoms with Gasteiger partial charge in [0.2, 0.25) is 0 Å². The molecule has 1 atom stereocenters. The Hall–Kier alpha value is -2.64. The number of hydrogen-bond donors (Lipinski definition) is 1. The van der Waals surface area contributed by atoms with Gasteiger partial charge in [-0.15, -0.1) is 11.3 Å². The maximum Gasteiger partial charge on any atom is 0.318 e. The molecule has 4 aromatic rings. The molecule has 1 aliphatic rings. The minimum Gasteiger partial charge on any atom is -0.468 e. The topological polar surface area (TPSA) is 64.1 Å². The number of anilines is 2. The Kier molecular flexibility index (Phi) is 5.08. The van der Waals surface area contributed by atoms with Gasteiger partial charge in [-0.2, -0.15) is 0 Å². The number of fused-ring (bicyclic) bond motifs is 2. The van der Waals surface area contributed by atoms with E-state index in [0.29, 0.717) is 11.1 Å². The van der Waals surface area contributed by atoms with Crippen molar-refractivity contribution in [1.29, 1.82) is 0 Å². The first-order valence-corrected chi connectivity index (χ1v) is 11.7. The standard InChI is InChI=1S/C23H21N3O2S2/c1-13(22(27)28-2)30-23-25-20(18-11-12-29-21(18)26-23)24-19-10-9-15(14-7-8-14)16-5-3-4-6-17(16)19/h3-6,9-14H,7-8H2,1-2H3,(H,24,25,26). The van der Waals surface area contributed by atoms with Crippen LogP contribution in [0, 0.1) is 0 Å². The summed E-state index contributed by atoms with van der Waals surface area (Å²) in [6.45, 7) is 1.80. The zero-order valence-corrected chi connectivity index (χ0v) is 18.3. The first-order valence-electron chi connectivity index (χ1n) is 9.92. The number of carbonyl (C=O) groups excluding carboxylic acids is 1. The lowest BCUT2D eigenvalue weighted by molar-refractivity contribution is -0.139. The van der Waals surface area contributed by atoms with Crippen molar-refractivity contribution in [3.63, 3.8) is 0 Å². The first kappa shape index (κ1) is 19.3. The normalized spacial score (nSPS) is 14.7. The number of thiophene rings is 1. The first-order chi connectivity index (χ1) is 14.6. The minimum absolute atomic E-state index is 0.286. The monoisotopic (exact) mass is 435 g/mol. The lowest BCUT2D eigenvalue weighted by Crippen LogP contribution is -2.15. The van der Waals surface area contributed by atoms with E-state index in [-0.39, 0.29) is 11.2 Å². The number of esters is 1. The molecule has 5 nitrogen and oxygen atoms in total. The van der Waals surface area contributed by atoms with E-state index in [4.69, 9.17) is 9.72 Å². The van der Waals surface area contributed by atoms with E-state index in [0.717, 1.165) is 21.7 Å². The van der Waals surface area contributed by atoms with Crippen molar-refractivity contribution >= 4 is 61.6 Å². The van der Waals surface area contributed by atoms with Gasteiger partial charge in [0.15, 0.2) is 5.16 Å². The number of aromatic nitrogens is 2. The van der Waals surface area contributed by atoms with Crippen LogP contribution >= 0.6 is 23.1 Å². The number of methoxy groups -OCH3 is 1. The Balaban J connectivity index is 1.55. The molecule has 1 aliphatic carbocycles. The van der Waals surface area contributed by atoms with Crippen LogP contribution in [0.5, 0.6) is 0 Å². The van der Waals surface area contributed by atoms with E-state index < -0.39 is 0 Å². The summed E-state index contributed by atoms with van der Waals surface area (Å²) in [5.74, 6) is 1.16. The average Bonchev–Trinajstić information content (AvgIpc) is 3.50. The van der Waals surface area contributed by atoms with E-state index in [1.807, 2.05) is 11.4 Å². The molecule has 1 unspecified atom stereocenters. The van der Waals surface area contributed by atoms with Gasteiger partial charge in [-0.3, -0.25) is 4.79 Å². The van der Waals surface area contributed by atoms with Gasteiger partial charge < -0.3 is 10.1 Å². The average molecular weight is 436 g/mol. The predicted octanol–water partition coefficient (Wildman–Crippen LogP) is 6.12. The second-order valence-corrected chi connectivity index (χ2v) is 9.63. The van der Waals surface area contributed by atoms with Crippen LogP contribution in [0.25, 0.3) is 21.0 Å². The molecule has 1 N–H and O–H groups in total. The van der Waals surface area contributed by atoms with Crippen LogP contribution in [-0.2, 0) is 9.53 Å². The summed E-state index contributed by atoms with van der Waals surface area (Å²) in [4.78, 5) is 22.1. The predicted molar refractivity (Wildman–Crippen MR) is 124 cm³/mol. The van der Waals surface area contributed by atoms with Gasteiger partial charge in [0, 0.05) is 11.1 Å². The summed E-state index contributed by atoms with van der Waals surface area (Å²) < 4.78 is 4.84.